The van der Waals surface area contributed by atoms with E-state index in [4.69, 9.17) is 9.47 Å². The number of rotatable bonds is 6. The van der Waals surface area contributed by atoms with Crippen LogP contribution in [0.1, 0.15) is 24.2 Å². The molecular formula is C19H17F3O3. The number of ether oxygens (including phenoxy) is 2. The van der Waals surface area contributed by atoms with Crippen molar-refractivity contribution in [2.45, 2.75) is 19.2 Å². The third kappa shape index (κ3) is 5.67. The summed E-state index contributed by atoms with van der Waals surface area (Å²) in [7, 11) is 0. The molecule has 0 spiro atoms. The van der Waals surface area contributed by atoms with Gasteiger partial charge in [-0.1, -0.05) is 30.3 Å². The number of carbonyl (C=O) groups excluding carboxylic acids is 1. The van der Waals surface area contributed by atoms with Crippen LogP contribution in [-0.4, -0.2) is 12.6 Å². The molecule has 0 aliphatic rings. The van der Waals surface area contributed by atoms with Crippen LogP contribution in [0.4, 0.5) is 13.2 Å². The maximum Gasteiger partial charge on any atom is 0.416 e. The van der Waals surface area contributed by atoms with Gasteiger partial charge in [0.25, 0.3) is 0 Å². The third-order valence-corrected chi connectivity index (χ3v) is 3.27. The summed E-state index contributed by atoms with van der Waals surface area (Å²) >= 11 is 0. The monoisotopic (exact) mass is 350 g/mol. The molecule has 0 aliphatic carbocycles. The van der Waals surface area contributed by atoms with E-state index >= 15 is 0 Å². The fourth-order valence-electron chi connectivity index (χ4n) is 2.09. The second-order valence-electron chi connectivity index (χ2n) is 5.08. The number of alkyl halides is 3. The summed E-state index contributed by atoms with van der Waals surface area (Å²) in [6.07, 6.45) is -2.29. The van der Waals surface area contributed by atoms with Gasteiger partial charge in [0.15, 0.2) is 0 Å². The summed E-state index contributed by atoms with van der Waals surface area (Å²) < 4.78 is 48.4. The maximum absolute atomic E-state index is 12.6. The SMILES string of the molecule is CCOC(=O)/C=C/[C@H](Oc1ccc(C(F)(F)F)cc1)c1ccccc1. The average Bonchev–Trinajstić information content (AvgIpc) is 2.59. The molecule has 2 aromatic rings. The first kappa shape index (κ1) is 18.6. The van der Waals surface area contributed by atoms with E-state index in [1.165, 1.54) is 24.3 Å². The van der Waals surface area contributed by atoms with Gasteiger partial charge in [-0.05, 0) is 42.8 Å². The van der Waals surface area contributed by atoms with Crippen LogP contribution in [0.5, 0.6) is 5.75 Å². The first-order valence-electron chi connectivity index (χ1n) is 7.64. The molecule has 0 fully saturated rings. The van der Waals surface area contributed by atoms with Crippen LogP contribution in [0.15, 0.2) is 66.7 Å². The molecule has 0 heterocycles. The Morgan fingerprint density at radius 1 is 1.08 bits per heavy atom. The van der Waals surface area contributed by atoms with Gasteiger partial charge in [-0.3, -0.25) is 0 Å². The molecule has 0 bridgehead atoms. The van der Waals surface area contributed by atoms with Gasteiger partial charge in [0.2, 0.25) is 0 Å². The molecule has 2 rings (SSSR count). The zero-order valence-corrected chi connectivity index (χ0v) is 13.5. The van der Waals surface area contributed by atoms with E-state index in [0.29, 0.717) is 0 Å². The van der Waals surface area contributed by atoms with E-state index in [2.05, 4.69) is 0 Å². The van der Waals surface area contributed by atoms with Crippen molar-refractivity contribution in [2.75, 3.05) is 6.61 Å². The van der Waals surface area contributed by atoms with E-state index in [9.17, 15) is 18.0 Å². The normalized spacial score (nSPS) is 12.8. The van der Waals surface area contributed by atoms with Crippen molar-refractivity contribution < 1.29 is 27.4 Å². The van der Waals surface area contributed by atoms with Crippen molar-refractivity contribution in [3.63, 3.8) is 0 Å². The molecule has 0 saturated carbocycles. The second-order valence-corrected chi connectivity index (χ2v) is 5.08. The van der Waals surface area contributed by atoms with Crippen LogP contribution >= 0.6 is 0 Å². The van der Waals surface area contributed by atoms with Crippen LogP contribution in [0.2, 0.25) is 0 Å². The molecule has 3 nitrogen and oxygen atoms in total. The first-order valence-corrected chi connectivity index (χ1v) is 7.64. The summed E-state index contributed by atoms with van der Waals surface area (Å²) in [6.45, 7) is 1.94. The largest absolute Gasteiger partial charge is 0.482 e. The topological polar surface area (TPSA) is 35.5 Å². The van der Waals surface area contributed by atoms with Crippen LogP contribution in [-0.2, 0) is 15.7 Å². The zero-order chi connectivity index (χ0) is 18.3. The molecule has 25 heavy (non-hydrogen) atoms. The van der Waals surface area contributed by atoms with Crippen LogP contribution < -0.4 is 4.74 Å². The standard InChI is InChI=1S/C19H17F3O3/c1-2-24-18(23)13-12-17(14-6-4-3-5-7-14)25-16-10-8-15(9-11-16)19(20,21)22/h3-13,17H,2H2,1H3/b13-12+/t17-/m0/s1. The Morgan fingerprint density at radius 3 is 2.28 bits per heavy atom. The quantitative estimate of drug-likeness (QED) is 0.546. The lowest BCUT2D eigenvalue weighted by Gasteiger charge is -2.17. The predicted molar refractivity (Wildman–Crippen MR) is 87.0 cm³/mol. The van der Waals surface area contributed by atoms with Gasteiger partial charge in [0, 0.05) is 6.08 Å². The summed E-state index contributed by atoms with van der Waals surface area (Å²) in [5.41, 5.74) is 0.00104. The van der Waals surface area contributed by atoms with Crippen molar-refractivity contribution >= 4 is 5.97 Å². The van der Waals surface area contributed by atoms with Gasteiger partial charge in [0.05, 0.1) is 12.2 Å². The molecule has 132 valence electrons. The first-order chi connectivity index (χ1) is 11.9. The zero-order valence-electron chi connectivity index (χ0n) is 13.5. The van der Waals surface area contributed by atoms with Crippen molar-refractivity contribution in [1.82, 2.24) is 0 Å². The predicted octanol–water partition coefficient (Wildman–Crippen LogP) is 4.94. The summed E-state index contributed by atoms with van der Waals surface area (Å²) in [6, 6.07) is 13.4. The van der Waals surface area contributed by atoms with Crippen LogP contribution in [0, 0.1) is 0 Å². The Labute approximate surface area is 143 Å². The van der Waals surface area contributed by atoms with Crippen LogP contribution in [0.3, 0.4) is 0 Å². The van der Waals surface area contributed by atoms with Gasteiger partial charge in [-0.25, -0.2) is 4.79 Å². The number of halogens is 3. The Kier molecular flexibility index (Phi) is 6.22. The number of benzene rings is 2. The minimum Gasteiger partial charge on any atom is -0.482 e. The fourth-order valence-corrected chi connectivity index (χ4v) is 2.09. The third-order valence-electron chi connectivity index (χ3n) is 3.27. The van der Waals surface area contributed by atoms with E-state index in [0.717, 1.165) is 17.7 Å². The van der Waals surface area contributed by atoms with E-state index < -0.39 is 23.8 Å². The van der Waals surface area contributed by atoms with Crippen LogP contribution in [0.25, 0.3) is 0 Å². The fraction of sp³-hybridized carbons (Fsp3) is 0.211. The highest BCUT2D eigenvalue weighted by molar-refractivity contribution is 5.82. The molecule has 0 aromatic heterocycles. The molecule has 0 unspecified atom stereocenters. The number of esters is 1. The molecule has 0 saturated heterocycles. The van der Waals surface area contributed by atoms with Crippen molar-refractivity contribution in [2.24, 2.45) is 0 Å². The van der Waals surface area contributed by atoms with Gasteiger partial charge >= 0.3 is 12.1 Å². The summed E-state index contributed by atoms with van der Waals surface area (Å²) in [5.74, 6) is -0.255. The van der Waals surface area contributed by atoms with Gasteiger partial charge < -0.3 is 9.47 Å². The minimum absolute atomic E-state index is 0.249. The highest BCUT2D eigenvalue weighted by atomic mass is 19.4. The van der Waals surface area contributed by atoms with E-state index in [1.54, 1.807) is 31.2 Å². The molecule has 0 radical (unpaired) electrons. The van der Waals surface area contributed by atoms with E-state index in [-0.39, 0.29) is 12.4 Å². The molecule has 0 amide bonds. The molecule has 0 N–H and O–H groups in total. The number of hydrogen-bond acceptors (Lipinski definition) is 3. The highest BCUT2D eigenvalue weighted by Crippen LogP contribution is 2.31. The molecule has 0 aliphatic heterocycles. The second kappa shape index (κ2) is 8.37. The van der Waals surface area contributed by atoms with Crippen molar-refractivity contribution in [1.29, 1.82) is 0 Å². The Morgan fingerprint density at radius 2 is 1.72 bits per heavy atom. The number of carbonyl (C=O) groups is 1. The maximum atomic E-state index is 12.6. The lowest BCUT2D eigenvalue weighted by molar-refractivity contribution is -0.138. The van der Waals surface area contributed by atoms with Gasteiger partial charge in [-0.15, -0.1) is 0 Å². The average molecular weight is 350 g/mol. The lowest BCUT2D eigenvalue weighted by atomic mass is 10.1. The van der Waals surface area contributed by atoms with Crippen molar-refractivity contribution in [3.8, 4) is 5.75 Å². The van der Waals surface area contributed by atoms with Crippen molar-refractivity contribution in [3.05, 3.63) is 77.9 Å². The molecule has 6 heteroatoms. The minimum atomic E-state index is -4.40. The van der Waals surface area contributed by atoms with Gasteiger partial charge in [-0.2, -0.15) is 13.2 Å². The summed E-state index contributed by atoms with van der Waals surface area (Å²) in [5, 5.41) is 0. The summed E-state index contributed by atoms with van der Waals surface area (Å²) in [4.78, 5) is 11.5. The Hall–Kier alpha value is -2.76. The lowest BCUT2D eigenvalue weighted by Crippen LogP contribution is -2.08. The van der Waals surface area contributed by atoms with E-state index in [1.807, 2.05) is 6.07 Å². The molecule has 2 aromatic carbocycles. The molecule has 1 atom stereocenters. The smallest absolute Gasteiger partial charge is 0.416 e. The Bertz CT molecular complexity index is 707. The molecular weight excluding hydrogens is 333 g/mol. The number of hydrogen-bond donors (Lipinski definition) is 0. The Balaban J connectivity index is 2.20. The van der Waals surface area contributed by atoms with Gasteiger partial charge in [0.1, 0.15) is 11.9 Å². The highest BCUT2D eigenvalue weighted by Gasteiger charge is 2.30.